The molecule has 0 aromatic rings. The fourth-order valence-electron chi connectivity index (χ4n) is 6.28. The minimum atomic E-state index is -0.531. The van der Waals surface area contributed by atoms with Gasteiger partial charge in [0, 0.05) is 23.7 Å². The Bertz CT molecular complexity index is 650. The lowest BCUT2D eigenvalue weighted by molar-refractivity contribution is -0.182. The zero-order valence-corrected chi connectivity index (χ0v) is 16.1. The number of hydrogen-bond acceptors (Lipinski definition) is 4. The monoisotopic (exact) mass is 346 g/mol. The van der Waals surface area contributed by atoms with E-state index in [1.165, 1.54) is 6.92 Å². The number of carbonyl (C=O) groups excluding carboxylic acids is 3. The molecule has 0 amide bonds. The van der Waals surface area contributed by atoms with E-state index in [0.29, 0.717) is 18.6 Å². The van der Waals surface area contributed by atoms with Crippen molar-refractivity contribution in [3.63, 3.8) is 0 Å². The molecule has 0 spiro atoms. The van der Waals surface area contributed by atoms with Gasteiger partial charge >= 0.3 is 0 Å². The van der Waals surface area contributed by atoms with Crippen LogP contribution in [0.4, 0.5) is 0 Å². The Morgan fingerprint density at radius 3 is 2.36 bits per heavy atom. The van der Waals surface area contributed by atoms with Crippen molar-refractivity contribution in [1.82, 2.24) is 0 Å². The average molecular weight is 346 g/mol. The van der Waals surface area contributed by atoms with Crippen molar-refractivity contribution in [2.45, 2.75) is 66.4 Å². The summed E-state index contributed by atoms with van der Waals surface area (Å²) in [4.78, 5) is 37.7. The summed E-state index contributed by atoms with van der Waals surface area (Å²) in [5, 5.41) is 0. The first-order valence-electron chi connectivity index (χ1n) is 9.42. The summed E-state index contributed by atoms with van der Waals surface area (Å²) in [6.45, 7) is 13.5. The highest BCUT2D eigenvalue weighted by Gasteiger charge is 2.65. The van der Waals surface area contributed by atoms with Crippen LogP contribution in [0.1, 0.15) is 60.3 Å². The maximum absolute atomic E-state index is 13.3. The van der Waals surface area contributed by atoms with Gasteiger partial charge in [-0.05, 0) is 50.4 Å². The van der Waals surface area contributed by atoms with Crippen LogP contribution in [0.2, 0.25) is 0 Å². The second kappa shape index (κ2) is 5.78. The Kier molecular flexibility index (Phi) is 4.24. The van der Waals surface area contributed by atoms with E-state index in [1.54, 1.807) is 6.92 Å². The summed E-state index contributed by atoms with van der Waals surface area (Å²) in [5.41, 5.74) is -0.711. The Hall–Kier alpha value is -1.45. The topological polar surface area (TPSA) is 60.4 Å². The summed E-state index contributed by atoms with van der Waals surface area (Å²) in [5.74, 6) is 0.701. The summed E-state index contributed by atoms with van der Waals surface area (Å²) in [6, 6.07) is 0. The van der Waals surface area contributed by atoms with Crippen molar-refractivity contribution in [2.24, 2.45) is 34.5 Å². The standard InChI is InChI=1S/C21H30O4/c1-11-9-16(12(2)22)20(5)8-7-15-14(4)25-17(13(3)23)10-21(15,6)19(20)18(11)24/h11,15-17,19H,4,7-10H2,1-3,5-6H3/t11?,15-,16?,17-,19-,20-,21-/m0/s1. The van der Waals surface area contributed by atoms with Crippen molar-refractivity contribution in [3.05, 3.63) is 12.3 Å². The normalized spacial score (nSPS) is 46.7. The number of ketones is 3. The summed E-state index contributed by atoms with van der Waals surface area (Å²) >= 11 is 0. The van der Waals surface area contributed by atoms with Gasteiger partial charge in [-0.25, -0.2) is 0 Å². The predicted octanol–water partition coefficient (Wildman–Crippen LogP) is 3.73. The molecule has 0 N–H and O–H groups in total. The third-order valence-electron chi connectivity index (χ3n) is 7.49. The van der Waals surface area contributed by atoms with Gasteiger partial charge < -0.3 is 4.74 Å². The molecule has 0 radical (unpaired) electrons. The van der Waals surface area contributed by atoms with Crippen LogP contribution in [-0.4, -0.2) is 23.5 Å². The van der Waals surface area contributed by atoms with Crippen molar-refractivity contribution >= 4 is 17.3 Å². The van der Waals surface area contributed by atoms with Crippen LogP contribution in [0.15, 0.2) is 12.3 Å². The molecule has 3 fully saturated rings. The predicted molar refractivity (Wildman–Crippen MR) is 94.7 cm³/mol. The van der Waals surface area contributed by atoms with Gasteiger partial charge in [-0.3, -0.25) is 14.4 Å². The molecular weight excluding hydrogens is 316 g/mol. The van der Waals surface area contributed by atoms with E-state index in [1.807, 2.05) is 6.92 Å². The van der Waals surface area contributed by atoms with Gasteiger partial charge in [0.25, 0.3) is 0 Å². The molecule has 1 saturated heterocycles. The highest BCUT2D eigenvalue weighted by Crippen LogP contribution is 2.65. The molecular formula is C21H30O4. The van der Waals surface area contributed by atoms with Crippen LogP contribution < -0.4 is 0 Å². The molecule has 1 heterocycles. The molecule has 2 unspecified atom stereocenters. The van der Waals surface area contributed by atoms with Gasteiger partial charge in [0.15, 0.2) is 11.9 Å². The lowest BCUT2D eigenvalue weighted by Gasteiger charge is -2.62. The van der Waals surface area contributed by atoms with Gasteiger partial charge in [-0.15, -0.1) is 0 Å². The van der Waals surface area contributed by atoms with Crippen LogP contribution in [0.25, 0.3) is 0 Å². The summed E-state index contributed by atoms with van der Waals surface area (Å²) < 4.78 is 5.81. The Balaban J connectivity index is 2.11. The number of carbonyl (C=O) groups is 3. The van der Waals surface area contributed by atoms with Crippen molar-refractivity contribution < 1.29 is 19.1 Å². The molecule has 0 bridgehead atoms. The van der Waals surface area contributed by atoms with Crippen molar-refractivity contribution in [1.29, 1.82) is 0 Å². The molecule has 2 saturated carbocycles. The fraction of sp³-hybridized carbons (Fsp3) is 0.762. The number of hydrogen-bond donors (Lipinski definition) is 0. The zero-order valence-electron chi connectivity index (χ0n) is 16.1. The highest BCUT2D eigenvalue weighted by molar-refractivity contribution is 5.90. The third-order valence-corrected chi connectivity index (χ3v) is 7.49. The van der Waals surface area contributed by atoms with E-state index in [4.69, 9.17) is 4.74 Å². The Morgan fingerprint density at radius 1 is 1.16 bits per heavy atom. The molecule has 0 aromatic carbocycles. The number of fused-ring (bicyclic) bond motifs is 3. The third kappa shape index (κ3) is 2.51. The molecule has 3 aliphatic rings. The molecule has 25 heavy (non-hydrogen) atoms. The largest absolute Gasteiger partial charge is 0.487 e. The highest BCUT2D eigenvalue weighted by atomic mass is 16.5. The van der Waals surface area contributed by atoms with Crippen molar-refractivity contribution in [3.8, 4) is 0 Å². The van der Waals surface area contributed by atoms with Crippen LogP contribution in [0.3, 0.4) is 0 Å². The smallest absolute Gasteiger partial charge is 0.170 e. The molecule has 0 aromatic heterocycles. The Morgan fingerprint density at radius 2 is 1.80 bits per heavy atom. The molecule has 4 heteroatoms. The molecule has 2 aliphatic carbocycles. The van der Waals surface area contributed by atoms with Gasteiger partial charge in [0.05, 0.1) is 5.76 Å². The number of ether oxygens (including phenoxy) is 1. The van der Waals surface area contributed by atoms with E-state index in [-0.39, 0.29) is 51.9 Å². The second-order valence-electron chi connectivity index (χ2n) is 9.13. The van der Waals surface area contributed by atoms with Crippen LogP contribution >= 0.6 is 0 Å². The Labute approximate surface area is 150 Å². The van der Waals surface area contributed by atoms with E-state index in [0.717, 1.165) is 12.8 Å². The number of Topliss-reactive ketones (excluding diaryl/α,β-unsaturated/α-hetero) is 3. The maximum Gasteiger partial charge on any atom is 0.170 e. The minimum absolute atomic E-state index is 0.0208. The molecule has 7 atom stereocenters. The fourth-order valence-corrected chi connectivity index (χ4v) is 6.28. The van der Waals surface area contributed by atoms with Gasteiger partial charge in [-0.2, -0.15) is 0 Å². The lowest BCUT2D eigenvalue weighted by atomic mass is 9.42. The molecule has 4 nitrogen and oxygen atoms in total. The number of rotatable bonds is 2. The molecule has 3 rings (SSSR count). The minimum Gasteiger partial charge on any atom is -0.487 e. The van der Waals surface area contributed by atoms with E-state index >= 15 is 0 Å². The average Bonchev–Trinajstić information content (AvgIpc) is 2.49. The summed E-state index contributed by atoms with van der Waals surface area (Å²) in [7, 11) is 0. The molecule has 1 aliphatic heterocycles. The first-order valence-corrected chi connectivity index (χ1v) is 9.42. The van der Waals surface area contributed by atoms with E-state index in [2.05, 4.69) is 20.4 Å². The first-order chi connectivity index (χ1) is 11.5. The van der Waals surface area contributed by atoms with E-state index < -0.39 is 6.10 Å². The van der Waals surface area contributed by atoms with Crippen LogP contribution in [0, 0.1) is 34.5 Å². The number of allylic oxidation sites excluding steroid dienone is 1. The lowest BCUT2D eigenvalue weighted by Crippen LogP contribution is -2.62. The summed E-state index contributed by atoms with van der Waals surface area (Å²) in [6.07, 6.45) is 2.34. The van der Waals surface area contributed by atoms with Gasteiger partial charge in [0.2, 0.25) is 0 Å². The quantitative estimate of drug-likeness (QED) is 0.764. The van der Waals surface area contributed by atoms with Gasteiger partial charge in [-0.1, -0.05) is 27.4 Å². The van der Waals surface area contributed by atoms with Crippen molar-refractivity contribution in [2.75, 3.05) is 0 Å². The SMILES string of the molecule is C=C1O[C@H](C(C)=O)C[C@]2(C)[C@H]3C(=O)C(C)CC(C(C)=O)[C@]3(C)CC[C@@H]12. The van der Waals surface area contributed by atoms with E-state index in [9.17, 15) is 14.4 Å². The van der Waals surface area contributed by atoms with Gasteiger partial charge in [0.1, 0.15) is 11.6 Å². The van der Waals surface area contributed by atoms with Crippen LogP contribution in [0.5, 0.6) is 0 Å². The first kappa shape index (κ1) is 18.3. The maximum atomic E-state index is 13.3. The van der Waals surface area contributed by atoms with Crippen LogP contribution in [-0.2, 0) is 19.1 Å². The second-order valence-corrected chi connectivity index (χ2v) is 9.13. The molecule has 138 valence electrons. The zero-order chi connectivity index (χ0) is 18.7.